The fourth-order valence-corrected chi connectivity index (χ4v) is 14.4. The Labute approximate surface area is 305 Å². The van der Waals surface area contributed by atoms with E-state index in [0.717, 1.165) is 36.5 Å². The van der Waals surface area contributed by atoms with E-state index < -0.39 is 5.97 Å². The Morgan fingerprint density at radius 2 is 1.68 bits per heavy atom. The van der Waals surface area contributed by atoms with Crippen LogP contribution in [0.5, 0.6) is 0 Å². The second-order valence-corrected chi connectivity index (χ2v) is 18.9. The van der Waals surface area contributed by atoms with Gasteiger partial charge < -0.3 is 10.0 Å². The third-order valence-corrected chi connectivity index (χ3v) is 16.5. The molecule has 6 heteroatoms. The van der Waals surface area contributed by atoms with Gasteiger partial charge in [-0.1, -0.05) is 71.9 Å². The van der Waals surface area contributed by atoms with Crippen molar-refractivity contribution in [2.45, 2.75) is 125 Å². The lowest BCUT2D eigenvalue weighted by atomic mass is 9.36. The second-order valence-electron chi connectivity index (χ2n) is 18.0. The van der Waals surface area contributed by atoms with Gasteiger partial charge in [-0.05, 0) is 146 Å². The van der Waals surface area contributed by atoms with Crippen LogP contribution in [0.1, 0.15) is 134 Å². The van der Waals surface area contributed by atoms with Crippen LogP contribution in [0.15, 0.2) is 47.9 Å². The molecule has 0 saturated heterocycles. The van der Waals surface area contributed by atoms with Gasteiger partial charge >= 0.3 is 5.97 Å². The van der Waals surface area contributed by atoms with Gasteiger partial charge in [-0.2, -0.15) is 0 Å². The molecule has 5 aliphatic rings. The number of ketones is 1. The number of aryl methyl sites for hydroxylation is 1. The average molecular weight is 697 g/mol. The molecule has 7 rings (SSSR count). The molecular formula is C44H60N2O3S. The van der Waals surface area contributed by atoms with E-state index in [0.29, 0.717) is 59.8 Å². The van der Waals surface area contributed by atoms with E-state index in [2.05, 4.69) is 64.5 Å². The number of thiazole rings is 1. The molecule has 9 atom stereocenters. The van der Waals surface area contributed by atoms with Gasteiger partial charge in [0.15, 0.2) is 10.9 Å². The average Bonchev–Trinajstić information content (AvgIpc) is 3.73. The first kappa shape index (κ1) is 35.7. The Hall–Kier alpha value is -2.73. The Morgan fingerprint density at radius 1 is 0.960 bits per heavy atom. The molecule has 0 amide bonds. The minimum atomic E-state index is -0.869. The number of aromatic carboxylic acids is 1. The number of hydrogen-bond donors (Lipinski definition) is 1. The summed E-state index contributed by atoms with van der Waals surface area (Å²) in [5.74, 6) is 3.01. The number of carboxylic acids is 1. The van der Waals surface area contributed by atoms with Gasteiger partial charge in [-0.25, -0.2) is 9.78 Å². The number of fused-ring (bicyclic) bond motifs is 7. The maximum atomic E-state index is 13.3. The third-order valence-electron chi connectivity index (χ3n) is 15.6. The summed E-state index contributed by atoms with van der Waals surface area (Å²) >= 11 is 1.75. The molecule has 50 heavy (non-hydrogen) atoms. The normalized spacial score (nSPS) is 37.1. The maximum Gasteiger partial charge on any atom is 0.335 e. The molecule has 1 aromatic carbocycles. The molecule has 1 heterocycles. The fraction of sp³-hybridized carbons (Fsp3) is 0.659. The SMILES string of the molecule is C=C(C)[C@@H]1CC[C@]2(N(CC(=O)CC)c3nc(CC)cs3)CCC3[C@H](CCC4[C@@]3(C)CCC3C(C)(C)C(c5ccc(C(=O)O)cc5)=CC[C@@]34C)C12. The van der Waals surface area contributed by atoms with Crippen molar-refractivity contribution in [1.82, 2.24) is 4.98 Å². The monoisotopic (exact) mass is 696 g/mol. The highest BCUT2D eigenvalue weighted by Crippen LogP contribution is 2.73. The molecule has 1 aromatic heterocycles. The molecule has 0 bridgehead atoms. The largest absolute Gasteiger partial charge is 0.478 e. The summed E-state index contributed by atoms with van der Waals surface area (Å²) in [6, 6.07) is 7.58. The standard InChI is InChI=1S/C44H60N2O3S/c1-9-30-26-50-40(45-30)46(25-31(47)10-2)44-23-17-32(27(3)4)38(44)33-15-16-37-42(7,35(33)19-24-44)22-20-36-41(5,6)34(18-21-43(36,37)8)28-11-13-29(14-12-28)39(48)49/h11-14,18,26,32-33,35-38H,3,9-10,15-17,19-25H2,1-2,4-8H3,(H,48,49)/t32-,33-,35?,36?,37?,38?,42-,43-,44-/m0/s1. The lowest BCUT2D eigenvalue weighted by Gasteiger charge is -2.69. The maximum absolute atomic E-state index is 13.3. The number of carboxylic acid groups (broad SMARTS) is 1. The van der Waals surface area contributed by atoms with Crippen LogP contribution in [0.4, 0.5) is 5.13 Å². The number of anilines is 1. The Morgan fingerprint density at radius 3 is 2.32 bits per heavy atom. The first-order chi connectivity index (χ1) is 23.7. The van der Waals surface area contributed by atoms with Crippen molar-refractivity contribution in [3.63, 3.8) is 0 Å². The second kappa shape index (κ2) is 12.7. The zero-order chi connectivity index (χ0) is 35.8. The summed E-state index contributed by atoms with van der Waals surface area (Å²) in [5, 5.41) is 12.8. The number of carbonyl (C=O) groups is 2. The van der Waals surface area contributed by atoms with Crippen molar-refractivity contribution in [3.05, 3.63) is 64.7 Å². The molecule has 2 aromatic rings. The van der Waals surface area contributed by atoms with Crippen LogP contribution in [0.25, 0.3) is 5.57 Å². The van der Waals surface area contributed by atoms with Crippen LogP contribution in [0.2, 0.25) is 0 Å². The molecular weight excluding hydrogens is 637 g/mol. The molecule has 1 N–H and O–H groups in total. The summed E-state index contributed by atoms with van der Waals surface area (Å²) < 4.78 is 0. The summed E-state index contributed by atoms with van der Waals surface area (Å²) in [6.45, 7) is 21.8. The zero-order valence-electron chi connectivity index (χ0n) is 31.7. The van der Waals surface area contributed by atoms with Crippen LogP contribution >= 0.6 is 11.3 Å². The van der Waals surface area contributed by atoms with Crippen molar-refractivity contribution in [2.75, 3.05) is 11.4 Å². The van der Waals surface area contributed by atoms with E-state index in [1.54, 1.807) is 23.5 Å². The summed E-state index contributed by atoms with van der Waals surface area (Å²) in [5.41, 5.74) is 5.86. The van der Waals surface area contributed by atoms with Gasteiger partial charge in [-0.15, -0.1) is 11.3 Å². The minimum Gasteiger partial charge on any atom is -0.478 e. The highest BCUT2D eigenvalue weighted by Gasteiger charge is 2.67. The van der Waals surface area contributed by atoms with E-state index in [9.17, 15) is 14.7 Å². The van der Waals surface area contributed by atoms with Gasteiger partial charge in [-0.3, -0.25) is 4.79 Å². The zero-order valence-corrected chi connectivity index (χ0v) is 32.5. The van der Waals surface area contributed by atoms with E-state index in [-0.39, 0.29) is 21.8 Å². The summed E-state index contributed by atoms with van der Waals surface area (Å²) in [4.78, 5) is 32.6. The van der Waals surface area contributed by atoms with E-state index in [1.165, 1.54) is 55.2 Å². The van der Waals surface area contributed by atoms with Crippen molar-refractivity contribution >= 4 is 33.8 Å². The molecule has 4 fully saturated rings. The predicted octanol–water partition coefficient (Wildman–Crippen LogP) is 10.9. The predicted molar refractivity (Wildman–Crippen MR) is 206 cm³/mol. The Kier molecular flexibility index (Phi) is 9.09. The van der Waals surface area contributed by atoms with Crippen LogP contribution in [0.3, 0.4) is 0 Å². The molecule has 0 radical (unpaired) electrons. The van der Waals surface area contributed by atoms with Gasteiger partial charge in [0, 0.05) is 17.3 Å². The molecule has 5 nitrogen and oxygen atoms in total. The highest BCUT2D eigenvalue weighted by molar-refractivity contribution is 7.13. The van der Waals surface area contributed by atoms with Crippen LogP contribution < -0.4 is 4.90 Å². The van der Waals surface area contributed by atoms with Crippen LogP contribution in [0, 0.1) is 51.8 Å². The fourth-order valence-electron chi connectivity index (χ4n) is 13.4. The number of benzene rings is 1. The van der Waals surface area contributed by atoms with Crippen molar-refractivity contribution < 1.29 is 14.7 Å². The molecule has 4 unspecified atom stereocenters. The molecule has 5 aliphatic carbocycles. The molecule has 0 aliphatic heterocycles. The van der Waals surface area contributed by atoms with E-state index >= 15 is 0 Å². The Balaban J connectivity index is 1.23. The number of carbonyl (C=O) groups excluding carboxylic acids is 1. The molecule has 270 valence electrons. The van der Waals surface area contributed by atoms with Gasteiger partial charge in [0.25, 0.3) is 0 Å². The van der Waals surface area contributed by atoms with Crippen molar-refractivity contribution in [2.24, 2.45) is 51.8 Å². The van der Waals surface area contributed by atoms with Crippen molar-refractivity contribution in [3.8, 4) is 0 Å². The number of nitrogens with zero attached hydrogens (tertiary/aromatic N) is 2. The third kappa shape index (κ3) is 5.31. The van der Waals surface area contributed by atoms with Gasteiger partial charge in [0.1, 0.15) is 0 Å². The smallest absolute Gasteiger partial charge is 0.335 e. The molecule has 4 saturated carbocycles. The first-order valence-electron chi connectivity index (χ1n) is 19.6. The first-order valence-corrected chi connectivity index (χ1v) is 20.5. The number of allylic oxidation sites excluding steroid dienone is 3. The number of hydrogen-bond acceptors (Lipinski definition) is 5. The van der Waals surface area contributed by atoms with E-state index in [1.807, 2.05) is 19.1 Å². The van der Waals surface area contributed by atoms with Gasteiger partial charge in [0.05, 0.1) is 17.8 Å². The lowest BCUT2D eigenvalue weighted by Crippen LogP contribution is -2.65. The van der Waals surface area contributed by atoms with E-state index in [4.69, 9.17) is 4.98 Å². The number of Topliss-reactive ketones (excluding diaryl/α,β-unsaturated/α-hetero) is 1. The summed E-state index contributed by atoms with van der Waals surface area (Å²) in [6.07, 6.45) is 14.8. The van der Waals surface area contributed by atoms with Crippen molar-refractivity contribution in [1.29, 1.82) is 0 Å². The number of rotatable bonds is 9. The number of aromatic nitrogens is 1. The Bertz CT molecular complexity index is 1690. The molecule has 0 spiro atoms. The van der Waals surface area contributed by atoms with Crippen LogP contribution in [-0.2, 0) is 11.2 Å². The topological polar surface area (TPSA) is 70.5 Å². The minimum absolute atomic E-state index is 0.00546. The lowest BCUT2D eigenvalue weighted by molar-refractivity contribution is -0.173. The summed E-state index contributed by atoms with van der Waals surface area (Å²) in [7, 11) is 0. The van der Waals surface area contributed by atoms with Gasteiger partial charge in [0.2, 0.25) is 0 Å². The quantitative estimate of drug-likeness (QED) is 0.264. The van der Waals surface area contributed by atoms with Crippen LogP contribution in [-0.4, -0.2) is 33.9 Å². The highest BCUT2D eigenvalue weighted by atomic mass is 32.1.